The molecule has 5 heteroatoms. The van der Waals surface area contributed by atoms with Crippen molar-refractivity contribution in [3.05, 3.63) is 29.6 Å². The van der Waals surface area contributed by atoms with Crippen LogP contribution in [0.15, 0.2) is 18.2 Å². The summed E-state index contributed by atoms with van der Waals surface area (Å²) in [7, 11) is 3.03. The quantitative estimate of drug-likeness (QED) is 0.800. The van der Waals surface area contributed by atoms with Crippen LogP contribution in [0.5, 0.6) is 5.75 Å². The van der Waals surface area contributed by atoms with Gasteiger partial charge in [0.05, 0.1) is 13.2 Å². The van der Waals surface area contributed by atoms with E-state index < -0.39 is 5.82 Å². The molecule has 0 atom stereocenters. The molecular formula is C13H15FN2O2. The van der Waals surface area contributed by atoms with Gasteiger partial charge in [-0.1, -0.05) is 6.07 Å². The Morgan fingerprint density at radius 1 is 1.56 bits per heavy atom. The van der Waals surface area contributed by atoms with Crippen molar-refractivity contribution in [1.82, 2.24) is 4.90 Å². The number of methoxy groups -OCH3 is 1. The fourth-order valence-electron chi connectivity index (χ4n) is 1.49. The summed E-state index contributed by atoms with van der Waals surface area (Å²) in [5.41, 5.74) is 0.782. The van der Waals surface area contributed by atoms with Crippen LogP contribution in [-0.2, 0) is 11.2 Å². The summed E-state index contributed by atoms with van der Waals surface area (Å²) in [5, 5.41) is 8.40. The fraction of sp³-hybridized carbons (Fsp3) is 0.385. The van der Waals surface area contributed by atoms with E-state index in [0.29, 0.717) is 13.0 Å². The normalized spacial score (nSPS) is 9.67. The average Bonchev–Trinajstić information content (AvgIpc) is 2.36. The SMILES string of the molecule is COc1ccc(CCN(C)C(=O)CC#N)cc1F. The lowest BCUT2D eigenvalue weighted by molar-refractivity contribution is -0.128. The largest absolute Gasteiger partial charge is 0.494 e. The molecule has 4 nitrogen and oxygen atoms in total. The van der Waals surface area contributed by atoms with E-state index in [9.17, 15) is 9.18 Å². The molecule has 0 N–H and O–H groups in total. The molecule has 0 aliphatic carbocycles. The van der Waals surface area contributed by atoms with Gasteiger partial charge >= 0.3 is 0 Å². The van der Waals surface area contributed by atoms with Crippen molar-refractivity contribution < 1.29 is 13.9 Å². The number of carbonyl (C=O) groups excluding carboxylic acids is 1. The molecule has 0 aliphatic heterocycles. The minimum atomic E-state index is -0.416. The molecule has 0 fully saturated rings. The number of benzene rings is 1. The number of likely N-dealkylation sites (N-methyl/N-ethyl adjacent to an activating group) is 1. The Morgan fingerprint density at radius 2 is 2.28 bits per heavy atom. The Bertz CT molecular complexity index is 469. The maximum absolute atomic E-state index is 13.4. The van der Waals surface area contributed by atoms with E-state index in [2.05, 4.69) is 0 Å². The molecular weight excluding hydrogens is 235 g/mol. The molecule has 0 radical (unpaired) electrons. The summed E-state index contributed by atoms with van der Waals surface area (Å²) >= 11 is 0. The number of carbonyl (C=O) groups is 1. The molecule has 0 unspecified atom stereocenters. The third-order valence-electron chi connectivity index (χ3n) is 2.61. The van der Waals surface area contributed by atoms with E-state index in [1.54, 1.807) is 25.2 Å². The van der Waals surface area contributed by atoms with Gasteiger partial charge in [-0.3, -0.25) is 4.79 Å². The van der Waals surface area contributed by atoms with Gasteiger partial charge in [0.1, 0.15) is 6.42 Å². The molecule has 0 heterocycles. The molecule has 0 spiro atoms. The predicted molar refractivity (Wildman–Crippen MR) is 64.5 cm³/mol. The van der Waals surface area contributed by atoms with Gasteiger partial charge in [-0.15, -0.1) is 0 Å². The molecule has 18 heavy (non-hydrogen) atoms. The number of amides is 1. The topological polar surface area (TPSA) is 53.3 Å². The smallest absolute Gasteiger partial charge is 0.236 e. The molecule has 0 saturated heterocycles. The Kier molecular flexibility index (Phi) is 5.12. The van der Waals surface area contributed by atoms with Crippen molar-refractivity contribution in [2.24, 2.45) is 0 Å². The van der Waals surface area contributed by atoms with Crippen LogP contribution in [0, 0.1) is 17.1 Å². The highest BCUT2D eigenvalue weighted by Crippen LogP contribution is 2.18. The van der Waals surface area contributed by atoms with Crippen LogP contribution >= 0.6 is 0 Å². The van der Waals surface area contributed by atoms with E-state index in [1.807, 2.05) is 0 Å². The highest BCUT2D eigenvalue weighted by Gasteiger charge is 2.09. The van der Waals surface area contributed by atoms with Gasteiger partial charge in [-0.25, -0.2) is 4.39 Å². The number of nitriles is 1. The maximum atomic E-state index is 13.4. The molecule has 0 bridgehead atoms. The third-order valence-corrected chi connectivity index (χ3v) is 2.61. The lowest BCUT2D eigenvalue weighted by atomic mass is 10.1. The second-order valence-electron chi connectivity index (χ2n) is 3.87. The standard InChI is InChI=1S/C13H15FN2O2/c1-16(13(17)5-7-15)8-6-10-3-4-12(18-2)11(14)9-10/h3-4,9H,5-6,8H2,1-2H3. The zero-order valence-corrected chi connectivity index (χ0v) is 10.4. The van der Waals surface area contributed by atoms with Gasteiger partial charge in [0.25, 0.3) is 0 Å². The summed E-state index contributed by atoms with van der Waals surface area (Å²) in [4.78, 5) is 12.8. The first kappa shape index (κ1) is 14.0. The molecule has 0 aromatic heterocycles. The van der Waals surface area contributed by atoms with E-state index in [-0.39, 0.29) is 18.1 Å². The van der Waals surface area contributed by atoms with Crippen molar-refractivity contribution in [1.29, 1.82) is 5.26 Å². The number of nitrogens with zero attached hydrogens (tertiary/aromatic N) is 2. The molecule has 1 rings (SSSR count). The summed E-state index contributed by atoms with van der Waals surface area (Å²) in [6.07, 6.45) is 0.405. The zero-order valence-electron chi connectivity index (χ0n) is 10.4. The lowest BCUT2D eigenvalue weighted by Gasteiger charge is -2.15. The lowest BCUT2D eigenvalue weighted by Crippen LogP contribution is -2.28. The molecule has 1 aromatic rings. The number of halogens is 1. The van der Waals surface area contributed by atoms with Crippen molar-refractivity contribution >= 4 is 5.91 Å². The summed E-state index contributed by atoms with van der Waals surface area (Å²) in [5.74, 6) is -0.444. The van der Waals surface area contributed by atoms with Crippen LogP contribution in [0.3, 0.4) is 0 Å². The molecule has 0 saturated carbocycles. The Hall–Kier alpha value is -2.09. The third kappa shape index (κ3) is 3.74. The number of hydrogen-bond donors (Lipinski definition) is 0. The molecule has 96 valence electrons. The van der Waals surface area contributed by atoms with Crippen LogP contribution in [0.2, 0.25) is 0 Å². The number of rotatable bonds is 5. The first-order chi connectivity index (χ1) is 8.58. The van der Waals surface area contributed by atoms with Gasteiger partial charge < -0.3 is 9.64 Å². The second kappa shape index (κ2) is 6.60. The molecule has 1 amide bonds. The minimum Gasteiger partial charge on any atom is -0.494 e. The van der Waals surface area contributed by atoms with Crippen molar-refractivity contribution in [3.8, 4) is 11.8 Å². The van der Waals surface area contributed by atoms with Gasteiger partial charge in [0.2, 0.25) is 5.91 Å². The highest BCUT2D eigenvalue weighted by molar-refractivity contribution is 5.77. The molecule has 1 aromatic carbocycles. The van der Waals surface area contributed by atoms with Gasteiger partial charge in [-0.2, -0.15) is 5.26 Å². The molecule has 0 aliphatic rings. The van der Waals surface area contributed by atoms with Crippen LogP contribution < -0.4 is 4.74 Å². The first-order valence-electron chi connectivity index (χ1n) is 5.51. The highest BCUT2D eigenvalue weighted by atomic mass is 19.1. The Labute approximate surface area is 106 Å². The van der Waals surface area contributed by atoms with E-state index >= 15 is 0 Å². The fourth-order valence-corrected chi connectivity index (χ4v) is 1.49. The van der Waals surface area contributed by atoms with Gasteiger partial charge in [0.15, 0.2) is 11.6 Å². The predicted octanol–water partition coefficient (Wildman–Crippen LogP) is 1.75. The Morgan fingerprint density at radius 3 is 2.83 bits per heavy atom. The second-order valence-corrected chi connectivity index (χ2v) is 3.87. The Balaban J connectivity index is 2.56. The van der Waals surface area contributed by atoms with E-state index in [4.69, 9.17) is 10.00 Å². The van der Waals surface area contributed by atoms with Crippen LogP contribution in [-0.4, -0.2) is 31.5 Å². The van der Waals surface area contributed by atoms with Crippen molar-refractivity contribution in [2.75, 3.05) is 20.7 Å². The average molecular weight is 250 g/mol. The van der Waals surface area contributed by atoms with Crippen molar-refractivity contribution in [2.45, 2.75) is 12.8 Å². The van der Waals surface area contributed by atoms with Crippen molar-refractivity contribution in [3.63, 3.8) is 0 Å². The minimum absolute atomic E-state index is 0.131. The summed E-state index contributed by atoms with van der Waals surface area (Å²) in [6, 6.07) is 6.51. The maximum Gasteiger partial charge on any atom is 0.236 e. The van der Waals surface area contributed by atoms with Crippen LogP contribution in [0.4, 0.5) is 4.39 Å². The van der Waals surface area contributed by atoms with E-state index in [0.717, 1.165) is 5.56 Å². The van der Waals surface area contributed by atoms with Crippen LogP contribution in [0.25, 0.3) is 0 Å². The number of hydrogen-bond acceptors (Lipinski definition) is 3. The summed E-state index contributed by atoms with van der Waals surface area (Å²) < 4.78 is 18.2. The zero-order chi connectivity index (χ0) is 13.5. The summed E-state index contributed by atoms with van der Waals surface area (Å²) in [6.45, 7) is 0.451. The first-order valence-corrected chi connectivity index (χ1v) is 5.51. The van der Waals surface area contributed by atoms with Crippen LogP contribution in [0.1, 0.15) is 12.0 Å². The number of ether oxygens (including phenoxy) is 1. The van der Waals surface area contributed by atoms with E-state index in [1.165, 1.54) is 18.1 Å². The van der Waals surface area contributed by atoms with Gasteiger partial charge in [-0.05, 0) is 24.1 Å². The van der Waals surface area contributed by atoms with Gasteiger partial charge in [0, 0.05) is 13.6 Å². The monoisotopic (exact) mass is 250 g/mol.